The molecule has 0 amide bonds. The lowest BCUT2D eigenvalue weighted by atomic mass is 10.0. The van der Waals surface area contributed by atoms with E-state index in [-0.39, 0.29) is 0 Å². The first-order valence-electron chi connectivity index (χ1n) is 7.03. The van der Waals surface area contributed by atoms with Crippen LogP contribution in [0.4, 0.5) is 0 Å². The lowest BCUT2D eigenvalue weighted by Gasteiger charge is -2.22. The third kappa shape index (κ3) is 2.45. The topological polar surface area (TPSA) is 38.6 Å². The zero-order valence-corrected chi connectivity index (χ0v) is 11.6. The van der Waals surface area contributed by atoms with E-state index >= 15 is 0 Å². The molecule has 19 heavy (non-hydrogen) atoms. The van der Waals surface area contributed by atoms with E-state index in [2.05, 4.69) is 21.6 Å². The minimum atomic E-state index is 0.617. The van der Waals surface area contributed by atoms with Crippen molar-refractivity contribution in [3.8, 4) is 5.75 Å². The summed E-state index contributed by atoms with van der Waals surface area (Å²) in [7, 11) is 0. The van der Waals surface area contributed by atoms with Gasteiger partial charge in [-0.3, -0.25) is 0 Å². The number of hydrogen-bond acceptors (Lipinski definition) is 3. The quantitative estimate of drug-likeness (QED) is 0.919. The Bertz CT molecular complexity index is 570. The summed E-state index contributed by atoms with van der Waals surface area (Å²) in [6, 6.07) is 4.03. The highest BCUT2D eigenvalue weighted by Gasteiger charge is 2.15. The molecule has 1 atom stereocenters. The van der Waals surface area contributed by atoms with Gasteiger partial charge in [0.1, 0.15) is 0 Å². The summed E-state index contributed by atoms with van der Waals surface area (Å²) in [6.45, 7) is 7.11. The standard InChI is InChI=1S/C15H21N3O/c1-11-12(2)18-8-4-6-14(15(18)17-11)19-10-13-5-3-7-16-9-13/h4,6,8,13,16H,3,5,7,9-10H2,1-2H3. The molecule has 0 radical (unpaired) electrons. The summed E-state index contributed by atoms with van der Waals surface area (Å²) in [5.41, 5.74) is 3.18. The Kier molecular flexibility index (Phi) is 3.42. The number of rotatable bonds is 3. The number of aryl methyl sites for hydroxylation is 2. The van der Waals surface area contributed by atoms with Crippen molar-refractivity contribution in [2.24, 2.45) is 5.92 Å². The lowest BCUT2D eigenvalue weighted by Crippen LogP contribution is -2.33. The van der Waals surface area contributed by atoms with Crippen LogP contribution in [0, 0.1) is 19.8 Å². The molecule has 4 nitrogen and oxygen atoms in total. The smallest absolute Gasteiger partial charge is 0.180 e. The maximum atomic E-state index is 6.00. The van der Waals surface area contributed by atoms with E-state index in [4.69, 9.17) is 4.74 Å². The van der Waals surface area contributed by atoms with Gasteiger partial charge in [0.05, 0.1) is 12.3 Å². The highest BCUT2D eigenvalue weighted by atomic mass is 16.5. The van der Waals surface area contributed by atoms with E-state index in [1.165, 1.54) is 18.5 Å². The second-order valence-corrected chi connectivity index (χ2v) is 5.37. The molecule has 0 saturated carbocycles. The zero-order valence-electron chi connectivity index (χ0n) is 11.6. The van der Waals surface area contributed by atoms with Crippen LogP contribution >= 0.6 is 0 Å². The van der Waals surface area contributed by atoms with Gasteiger partial charge in [-0.15, -0.1) is 0 Å². The minimum absolute atomic E-state index is 0.617. The highest BCUT2D eigenvalue weighted by Crippen LogP contribution is 2.22. The van der Waals surface area contributed by atoms with Crippen molar-refractivity contribution in [1.82, 2.24) is 14.7 Å². The Morgan fingerprint density at radius 2 is 2.37 bits per heavy atom. The predicted octanol–water partition coefficient (Wildman–Crippen LogP) is 2.33. The van der Waals surface area contributed by atoms with Crippen LogP contribution in [0.15, 0.2) is 18.3 Å². The number of ether oxygens (including phenoxy) is 1. The van der Waals surface area contributed by atoms with Crippen LogP contribution in [0.1, 0.15) is 24.2 Å². The van der Waals surface area contributed by atoms with Gasteiger partial charge in [0, 0.05) is 24.4 Å². The molecule has 2 aromatic heterocycles. The van der Waals surface area contributed by atoms with Crippen LogP contribution in [-0.4, -0.2) is 29.1 Å². The van der Waals surface area contributed by atoms with Crippen molar-refractivity contribution >= 4 is 5.65 Å². The molecule has 1 saturated heterocycles. The predicted molar refractivity (Wildman–Crippen MR) is 75.8 cm³/mol. The third-order valence-electron chi connectivity index (χ3n) is 3.96. The Morgan fingerprint density at radius 1 is 1.47 bits per heavy atom. The Morgan fingerprint density at radius 3 is 3.16 bits per heavy atom. The fourth-order valence-electron chi connectivity index (χ4n) is 2.66. The molecule has 0 aromatic carbocycles. The second kappa shape index (κ2) is 5.21. The van der Waals surface area contributed by atoms with Crippen molar-refractivity contribution in [2.75, 3.05) is 19.7 Å². The lowest BCUT2D eigenvalue weighted by molar-refractivity contribution is 0.219. The molecule has 4 heteroatoms. The summed E-state index contributed by atoms with van der Waals surface area (Å²) < 4.78 is 8.10. The Balaban J connectivity index is 1.78. The molecule has 0 aliphatic carbocycles. The average Bonchev–Trinajstić information content (AvgIpc) is 2.74. The molecule has 1 fully saturated rings. The number of nitrogens with one attached hydrogen (secondary N) is 1. The first-order chi connectivity index (χ1) is 9.25. The highest BCUT2D eigenvalue weighted by molar-refractivity contribution is 5.55. The molecule has 3 heterocycles. The van der Waals surface area contributed by atoms with E-state index < -0.39 is 0 Å². The van der Waals surface area contributed by atoms with Gasteiger partial charge in [-0.1, -0.05) is 0 Å². The van der Waals surface area contributed by atoms with Gasteiger partial charge in [0.25, 0.3) is 0 Å². The van der Waals surface area contributed by atoms with Gasteiger partial charge in [-0.25, -0.2) is 4.98 Å². The largest absolute Gasteiger partial charge is 0.489 e. The van der Waals surface area contributed by atoms with Gasteiger partial charge in [-0.2, -0.15) is 0 Å². The maximum Gasteiger partial charge on any atom is 0.180 e. The first-order valence-corrected chi connectivity index (χ1v) is 7.03. The van der Waals surface area contributed by atoms with Gasteiger partial charge in [-0.05, 0) is 45.4 Å². The van der Waals surface area contributed by atoms with Gasteiger partial charge < -0.3 is 14.5 Å². The molecule has 3 rings (SSSR count). The van der Waals surface area contributed by atoms with Crippen molar-refractivity contribution in [3.05, 3.63) is 29.7 Å². The molecular formula is C15H21N3O. The summed E-state index contributed by atoms with van der Waals surface area (Å²) >= 11 is 0. The molecule has 2 aromatic rings. The molecule has 1 aliphatic rings. The van der Waals surface area contributed by atoms with Gasteiger partial charge in [0.2, 0.25) is 0 Å². The normalized spacial score (nSPS) is 19.8. The van der Waals surface area contributed by atoms with Crippen LogP contribution in [-0.2, 0) is 0 Å². The number of aromatic nitrogens is 2. The van der Waals surface area contributed by atoms with Crippen molar-refractivity contribution in [1.29, 1.82) is 0 Å². The minimum Gasteiger partial charge on any atom is -0.489 e. The second-order valence-electron chi connectivity index (χ2n) is 5.37. The molecular weight excluding hydrogens is 238 g/mol. The summed E-state index contributed by atoms with van der Waals surface area (Å²) in [4.78, 5) is 4.60. The zero-order chi connectivity index (χ0) is 13.2. The molecule has 102 valence electrons. The van der Waals surface area contributed by atoms with Crippen molar-refractivity contribution in [3.63, 3.8) is 0 Å². The van der Waals surface area contributed by atoms with Crippen LogP contribution in [0.2, 0.25) is 0 Å². The fraction of sp³-hybridized carbons (Fsp3) is 0.533. The Hall–Kier alpha value is -1.55. The fourth-order valence-corrected chi connectivity index (χ4v) is 2.66. The van der Waals surface area contributed by atoms with E-state index in [0.29, 0.717) is 5.92 Å². The number of piperidine rings is 1. The van der Waals surface area contributed by atoms with E-state index in [9.17, 15) is 0 Å². The number of imidazole rings is 1. The van der Waals surface area contributed by atoms with E-state index in [0.717, 1.165) is 36.8 Å². The van der Waals surface area contributed by atoms with Crippen molar-refractivity contribution < 1.29 is 4.74 Å². The summed E-state index contributed by atoms with van der Waals surface area (Å²) in [6.07, 6.45) is 4.54. The molecule has 1 N–H and O–H groups in total. The number of fused-ring (bicyclic) bond motifs is 1. The number of nitrogens with zero attached hydrogens (tertiary/aromatic N) is 2. The van der Waals surface area contributed by atoms with Gasteiger partial charge >= 0.3 is 0 Å². The summed E-state index contributed by atoms with van der Waals surface area (Å²) in [5, 5.41) is 3.42. The SMILES string of the molecule is Cc1nc2c(OCC3CCCNC3)cccn2c1C. The number of pyridine rings is 1. The van der Waals surface area contributed by atoms with Gasteiger partial charge in [0.15, 0.2) is 11.4 Å². The van der Waals surface area contributed by atoms with Crippen molar-refractivity contribution in [2.45, 2.75) is 26.7 Å². The third-order valence-corrected chi connectivity index (χ3v) is 3.96. The number of hydrogen-bond donors (Lipinski definition) is 1. The Labute approximate surface area is 113 Å². The molecule has 1 aliphatic heterocycles. The van der Waals surface area contributed by atoms with E-state index in [1.807, 2.05) is 25.3 Å². The van der Waals surface area contributed by atoms with E-state index in [1.54, 1.807) is 0 Å². The van der Waals surface area contributed by atoms with Crippen LogP contribution in [0.5, 0.6) is 5.75 Å². The monoisotopic (exact) mass is 259 g/mol. The first kappa shape index (κ1) is 12.5. The average molecular weight is 259 g/mol. The molecule has 1 unspecified atom stereocenters. The maximum absolute atomic E-state index is 6.00. The summed E-state index contributed by atoms with van der Waals surface area (Å²) in [5.74, 6) is 1.51. The van der Waals surface area contributed by atoms with Crippen LogP contribution < -0.4 is 10.1 Å². The van der Waals surface area contributed by atoms with Crippen LogP contribution in [0.25, 0.3) is 5.65 Å². The van der Waals surface area contributed by atoms with Crippen LogP contribution in [0.3, 0.4) is 0 Å². The molecule has 0 bridgehead atoms. The molecule has 0 spiro atoms.